The highest BCUT2D eigenvalue weighted by molar-refractivity contribution is 5.91. The average Bonchev–Trinajstić information content (AvgIpc) is 3.19. The third-order valence-corrected chi connectivity index (χ3v) is 5.08. The summed E-state index contributed by atoms with van der Waals surface area (Å²) in [5.41, 5.74) is 8.38. The van der Waals surface area contributed by atoms with Crippen LogP contribution in [0.1, 0.15) is 35.1 Å². The second-order valence-corrected chi connectivity index (χ2v) is 6.79. The zero-order valence-electron chi connectivity index (χ0n) is 16.3. The molecule has 1 aliphatic rings. The summed E-state index contributed by atoms with van der Waals surface area (Å²) < 4.78 is 12.6. The number of fused-ring (bicyclic) bond motifs is 1. The smallest absolute Gasteiger partial charge is 0.287 e. The van der Waals surface area contributed by atoms with Crippen LogP contribution in [0.25, 0.3) is 17.1 Å². The lowest BCUT2D eigenvalue weighted by Gasteiger charge is -2.23. The topological polar surface area (TPSA) is 112 Å². The first-order chi connectivity index (χ1) is 14.0. The van der Waals surface area contributed by atoms with E-state index in [1.165, 1.54) is 0 Å². The summed E-state index contributed by atoms with van der Waals surface area (Å²) in [6, 6.07) is 8.92. The molecule has 0 unspecified atom stereocenters. The molecule has 0 saturated heterocycles. The minimum Gasteiger partial charge on any atom is -0.507 e. The monoisotopic (exact) mass is 394 g/mol. The number of ether oxygens (including phenoxy) is 2. The first-order valence-corrected chi connectivity index (χ1v) is 9.45. The number of aryl methyl sites for hydroxylation is 1. The van der Waals surface area contributed by atoms with E-state index in [4.69, 9.17) is 15.2 Å². The Hall–Kier alpha value is -3.55. The van der Waals surface area contributed by atoms with Gasteiger partial charge in [0, 0.05) is 11.3 Å². The van der Waals surface area contributed by atoms with Gasteiger partial charge in [0.15, 0.2) is 5.82 Å². The SMILES string of the molecule is CCc1cc(-c2nnc(C(N)=O)n2-c2ccc(OC)cc2)c(O)c2c1OCCC2. The van der Waals surface area contributed by atoms with Crippen LogP contribution in [0.4, 0.5) is 0 Å². The Morgan fingerprint density at radius 1 is 1.31 bits per heavy atom. The van der Waals surface area contributed by atoms with Crippen molar-refractivity contribution in [2.45, 2.75) is 26.2 Å². The number of aromatic hydroxyl groups is 1. The first kappa shape index (κ1) is 18.8. The lowest BCUT2D eigenvalue weighted by molar-refractivity contribution is 0.0988. The molecule has 0 atom stereocenters. The molecular weight excluding hydrogens is 372 g/mol. The third-order valence-electron chi connectivity index (χ3n) is 5.08. The molecule has 0 fully saturated rings. The van der Waals surface area contributed by atoms with Crippen molar-refractivity contribution in [1.29, 1.82) is 0 Å². The number of benzene rings is 2. The molecule has 2 aromatic carbocycles. The number of amides is 1. The van der Waals surface area contributed by atoms with Crippen molar-refractivity contribution in [3.63, 3.8) is 0 Å². The van der Waals surface area contributed by atoms with E-state index in [0.717, 1.165) is 29.7 Å². The van der Waals surface area contributed by atoms with E-state index in [1.807, 2.05) is 13.0 Å². The van der Waals surface area contributed by atoms with Gasteiger partial charge in [-0.3, -0.25) is 9.36 Å². The van der Waals surface area contributed by atoms with Crippen LogP contribution < -0.4 is 15.2 Å². The fourth-order valence-corrected chi connectivity index (χ4v) is 3.63. The molecule has 3 aromatic rings. The summed E-state index contributed by atoms with van der Waals surface area (Å²) >= 11 is 0. The number of phenols is 1. The van der Waals surface area contributed by atoms with Crippen molar-refractivity contribution in [2.75, 3.05) is 13.7 Å². The fraction of sp³-hybridized carbons (Fsp3) is 0.286. The largest absolute Gasteiger partial charge is 0.507 e. The predicted molar refractivity (Wildman–Crippen MR) is 107 cm³/mol. The fourth-order valence-electron chi connectivity index (χ4n) is 3.63. The van der Waals surface area contributed by atoms with Gasteiger partial charge < -0.3 is 20.3 Å². The molecule has 0 aliphatic carbocycles. The number of nitrogens with zero attached hydrogens (tertiary/aromatic N) is 3. The maximum atomic E-state index is 12.0. The van der Waals surface area contributed by atoms with Gasteiger partial charge in [0.2, 0.25) is 5.82 Å². The van der Waals surface area contributed by atoms with Gasteiger partial charge in [-0.15, -0.1) is 10.2 Å². The molecule has 0 saturated carbocycles. The summed E-state index contributed by atoms with van der Waals surface area (Å²) in [6.45, 7) is 2.66. The lowest BCUT2D eigenvalue weighted by Crippen LogP contribution is -2.18. The summed E-state index contributed by atoms with van der Waals surface area (Å²) in [6.07, 6.45) is 2.27. The quantitative estimate of drug-likeness (QED) is 0.688. The van der Waals surface area contributed by atoms with Crippen LogP contribution in [0.15, 0.2) is 30.3 Å². The number of aromatic nitrogens is 3. The Bertz CT molecular complexity index is 1070. The van der Waals surface area contributed by atoms with Gasteiger partial charge in [-0.25, -0.2) is 0 Å². The molecule has 29 heavy (non-hydrogen) atoms. The van der Waals surface area contributed by atoms with Gasteiger partial charge >= 0.3 is 0 Å². The molecule has 150 valence electrons. The number of hydrogen-bond donors (Lipinski definition) is 2. The van der Waals surface area contributed by atoms with Gasteiger partial charge in [-0.05, 0) is 55.2 Å². The van der Waals surface area contributed by atoms with Gasteiger partial charge in [-0.2, -0.15) is 0 Å². The third kappa shape index (κ3) is 3.16. The summed E-state index contributed by atoms with van der Waals surface area (Å²) in [4.78, 5) is 12.0. The van der Waals surface area contributed by atoms with Crippen LogP contribution in [0.5, 0.6) is 17.2 Å². The Labute approximate surface area is 167 Å². The molecule has 0 spiro atoms. The van der Waals surface area contributed by atoms with Crippen molar-refractivity contribution >= 4 is 5.91 Å². The second kappa shape index (κ2) is 7.46. The zero-order chi connectivity index (χ0) is 20.5. The highest BCUT2D eigenvalue weighted by Gasteiger charge is 2.26. The number of carbonyl (C=O) groups is 1. The van der Waals surface area contributed by atoms with Crippen molar-refractivity contribution in [1.82, 2.24) is 14.8 Å². The molecule has 0 bridgehead atoms. The number of nitrogens with two attached hydrogens (primary N) is 1. The van der Waals surface area contributed by atoms with E-state index in [9.17, 15) is 9.90 Å². The van der Waals surface area contributed by atoms with Crippen LogP contribution in [0.2, 0.25) is 0 Å². The molecule has 2 heterocycles. The Morgan fingerprint density at radius 3 is 2.72 bits per heavy atom. The van der Waals surface area contributed by atoms with Gasteiger partial charge in [0.1, 0.15) is 17.2 Å². The second-order valence-electron chi connectivity index (χ2n) is 6.79. The van der Waals surface area contributed by atoms with Crippen molar-refractivity contribution in [3.8, 4) is 34.3 Å². The number of carbonyl (C=O) groups excluding carboxylic acids is 1. The number of methoxy groups -OCH3 is 1. The minimum atomic E-state index is -0.712. The van der Waals surface area contributed by atoms with E-state index in [2.05, 4.69) is 10.2 Å². The minimum absolute atomic E-state index is 0.0171. The first-order valence-electron chi connectivity index (χ1n) is 9.45. The maximum Gasteiger partial charge on any atom is 0.287 e. The number of primary amides is 1. The normalized spacial score (nSPS) is 12.9. The van der Waals surface area contributed by atoms with Crippen LogP contribution >= 0.6 is 0 Å². The number of phenolic OH excluding ortho intramolecular Hbond substituents is 1. The van der Waals surface area contributed by atoms with Crippen molar-refractivity contribution < 1.29 is 19.4 Å². The van der Waals surface area contributed by atoms with E-state index in [1.54, 1.807) is 35.9 Å². The van der Waals surface area contributed by atoms with Crippen LogP contribution in [0.3, 0.4) is 0 Å². The standard InChI is InChI=1S/C21H22N4O4/c1-3-12-11-16(17(26)15-5-4-10-29-18(12)15)20-23-24-21(19(22)27)25(20)13-6-8-14(28-2)9-7-13/h6-9,11,26H,3-5,10H2,1-2H3,(H2,22,27). The summed E-state index contributed by atoms with van der Waals surface area (Å²) in [7, 11) is 1.58. The molecule has 1 aromatic heterocycles. The van der Waals surface area contributed by atoms with Crippen LogP contribution in [-0.4, -0.2) is 39.5 Å². The van der Waals surface area contributed by atoms with Gasteiger partial charge in [0.05, 0.1) is 19.3 Å². The zero-order valence-corrected chi connectivity index (χ0v) is 16.3. The predicted octanol–water partition coefficient (Wildman–Crippen LogP) is 2.63. The highest BCUT2D eigenvalue weighted by atomic mass is 16.5. The van der Waals surface area contributed by atoms with E-state index >= 15 is 0 Å². The lowest BCUT2D eigenvalue weighted by atomic mass is 9.95. The van der Waals surface area contributed by atoms with Gasteiger partial charge in [0.25, 0.3) is 5.91 Å². The molecule has 3 N–H and O–H groups in total. The van der Waals surface area contributed by atoms with Gasteiger partial charge in [-0.1, -0.05) is 6.92 Å². The van der Waals surface area contributed by atoms with Crippen molar-refractivity contribution in [2.24, 2.45) is 5.73 Å². The van der Waals surface area contributed by atoms with Crippen LogP contribution in [-0.2, 0) is 12.8 Å². The number of hydrogen-bond acceptors (Lipinski definition) is 6. The Morgan fingerprint density at radius 2 is 2.07 bits per heavy atom. The molecular formula is C21H22N4O4. The molecule has 8 nitrogen and oxygen atoms in total. The van der Waals surface area contributed by atoms with E-state index in [0.29, 0.717) is 35.9 Å². The summed E-state index contributed by atoms with van der Waals surface area (Å²) in [5, 5.41) is 19.2. The number of rotatable bonds is 5. The maximum absolute atomic E-state index is 12.0. The Kier molecular flexibility index (Phi) is 4.84. The highest BCUT2D eigenvalue weighted by Crippen LogP contribution is 2.43. The Balaban J connectivity index is 1.95. The van der Waals surface area contributed by atoms with Crippen LogP contribution in [0, 0.1) is 0 Å². The molecule has 8 heteroatoms. The molecule has 0 radical (unpaired) electrons. The summed E-state index contributed by atoms with van der Waals surface area (Å²) in [5.74, 6) is 1.11. The van der Waals surface area contributed by atoms with E-state index < -0.39 is 5.91 Å². The molecule has 4 rings (SSSR count). The average molecular weight is 394 g/mol. The molecule has 1 aliphatic heterocycles. The van der Waals surface area contributed by atoms with E-state index in [-0.39, 0.29) is 11.6 Å². The van der Waals surface area contributed by atoms with Crippen molar-refractivity contribution in [3.05, 3.63) is 47.3 Å². The molecule has 1 amide bonds.